The molecule has 1 saturated carbocycles. The Hall–Kier alpha value is -0.820. The van der Waals surface area contributed by atoms with Crippen LogP contribution < -0.4 is 10.2 Å². The van der Waals surface area contributed by atoms with Gasteiger partial charge in [-0.25, -0.2) is 0 Å². The molecule has 1 aliphatic carbocycles. The van der Waals surface area contributed by atoms with Crippen LogP contribution in [0, 0.1) is 9.49 Å². The molecule has 0 aromatic heterocycles. The first-order valence-corrected chi connectivity index (χ1v) is 8.93. The van der Waals surface area contributed by atoms with E-state index in [0.717, 1.165) is 25.3 Å². The minimum Gasteiger partial charge on any atom is -0.468 e. The minimum atomic E-state index is -0.180. The number of methoxy groups -OCH3 is 1. The molecule has 0 unspecified atom stereocenters. The van der Waals surface area contributed by atoms with Gasteiger partial charge in [0.05, 0.1) is 13.7 Å². The molecule has 1 N–H and O–H groups in total. The highest BCUT2D eigenvalue weighted by Gasteiger charge is 2.22. The molecule has 1 aromatic carbocycles. The van der Waals surface area contributed by atoms with Gasteiger partial charge in [0.25, 0.3) is 0 Å². The van der Waals surface area contributed by atoms with E-state index in [1.54, 1.807) is 0 Å². The number of hydrogen-bond acceptors (Lipinski definition) is 4. The van der Waals surface area contributed by atoms with Crippen LogP contribution in [0.15, 0.2) is 24.3 Å². The summed E-state index contributed by atoms with van der Waals surface area (Å²) < 4.78 is 5.93. The minimum absolute atomic E-state index is 0.180. The third kappa shape index (κ3) is 5.43. The molecule has 0 saturated heterocycles. The molecule has 122 valence electrons. The summed E-state index contributed by atoms with van der Waals surface area (Å²) in [4.78, 5) is 13.5. The smallest absolute Gasteiger partial charge is 0.319 e. The van der Waals surface area contributed by atoms with Gasteiger partial charge < -0.3 is 15.0 Å². The summed E-state index contributed by atoms with van der Waals surface area (Å²) in [6.45, 7) is 1.43. The lowest BCUT2D eigenvalue weighted by Gasteiger charge is -2.32. The molecule has 0 radical (unpaired) electrons. The quantitative estimate of drug-likeness (QED) is 0.572. The lowest BCUT2D eigenvalue weighted by atomic mass is 9.85. The molecule has 22 heavy (non-hydrogen) atoms. The molecule has 0 bridgehead atoms. The standard InChI is InChI=1S/C17H25IN2O2/c1-20(16-9-5-14(18)6-10-16)12-13-3-7-15(8-4-13)19-11-17(21)22-2/h5-6,9-10,13,15,19H,3-4,7-8,11-12H2,1-2H3. The van der Waals surface area contributed by atoms with E-state index in [0.29, 0.717) is 12.6 Å². The zero-order chi connectivity index (χ0) is 15.9. The van der Waals surface area contributed by atoms with Crippen LogP contribution in [0.5, 0.6) is 0 Å². The Labute approximate surface area is 146 Å². The van der Waals surface area contributed by atoms with Gasteiger partial charge in [-0.2, -0.15) is 0 Å². The van der Waals surface area contributed by atoms with Crippen LogP contribution in [0.2, 0.25) is 0 Å². The summed E-state index contributed by atoms with van der Waals surface area (Å²) in [5.74, 6) is 0.557. The van der Waals surface area contributed by atoms with E-state index < -0.39 is 0 Å². The van der Waals surface area contributed by atoms with Crippen molar-refractivity contribution in [2.24, 2.45) is 5.92 Å². The fraction of sp³-hybridized carbons (Fsp3) is 0.588. The Bertz CT molecular complexity index is 470. The summed E-state index contributed by atoms with van der Waals surface area (Å²) in [6, 6.07) is 9.13. The largest absolute Gasteiger partial charge is 0.468 e. The maximum absolute atomic E-state index is 11.2. The van der Waals surface area contributed by atoms with E-state index in [1.807, 2.05) is 0 Å². The van der Waals surface area contributed by atoms with E-state index >= 15 is 0 Å². The zero-order valence-corrected chi connectivity index (χ0v) is 15.5. The lowest BCUT2D eigenvalue weighted by molar-refractivity contribution is -0.139. The number of carbonyl (C=O) groups is 1. The second-order valence-electron chi connectivity index (χ2n) is 6.03. The number of carbonyl (C=O) groups excluding carboxylic acids is 1. The molecule has 4 nitrogen and oxygen atoms in total. The molecule has 1 fully saturated rings. The van der Waals surface area contributed by atoms with Crippen LogP contribution in [-0.2, 0) is 9.53 Å². The summed E-state index contributed by atoms with van der Waals surface area (Å²) in [5, 5.41) is 3.30. The second kappa shape index (κ2) is 8.72. The van der Waals surface area contributed by atoms with Gasteiger partial charge in [0.2, 0.25) is 0 Å². The average Bonchev–Trinajstić information content (AvgIpc) is 2.54. The molecular weight excluding hydrogens is 391 g/mol. The Balaban J connectivity index is 1.72. The number of halogens is 1. The zero-order valence-electron chi connectivity index (χ0n) is 13.3. The van der Waals surface area contributed by atoms with Crippen LogP contribution in [0.1, 0.15) is 25.7 Å². The Morgan fingerprint density at radius 1 is 1.27 bits per heavy atom. The number of esters is 1. The van der Waals surface area contributed by atoms with Gasteiger partial charge in [-0.05, 0) is 78.5 Å². The van der Waals surface area contributed by atoms with Crippen molar-refractivity contribution < 1.29 is 9.53 Å². The summed E-state index contributed by atoms with van der Waals surface area (Å²) in [7, 11) is 3.60. The average molecular weight is 416 g/mol. The van der Waals surface area contributed by atoms with E-state index in [4.69, 9.17) is 0 Å². The van der Waals surface area contributed by atoms with Crippen molar-refractivity contribution in [3.63, 3.8) is 0 Å². The summed E-state index contributed by atoms with van der Waals surface area (Å²) >= 11 is 2.33. The molecule has 0 atom stereocenters. The number of anilines is 1. The Morgan fingerprint density at radius 3 is 2.50 bits per heavy atom. The molecule has 1 aliphatic rings. The lowest BCUT2D eigenvalue weighted by Crippen LogP contribution is -2.38. The summed E-state index contributed by atoms with van der Waals surface area (Å²) in [6.07, 6.45) is 4.71. The molecule has 0 amide bonds. The number of ether oxygens (including phenoxy) is 1. The number of nitrogens with one attached hydrogen (secondary N) is 1. The number of benzene rings is 1. The highest BCUT2D eigenvalue weighted by molar-refractivity contribution is 14.1. The topological polar surface area (TPSA) is 41.6 Å². The first-order valence-electron chi connectivity index (χ1n) is 7.85. The first kappa shape index (κ1) is 17.5. The van der Waals surface area contributed by atoms with Crippen molar-refractivity contribution in [2.75, 3.05) is 32.1 Å². The van der Waals surface area contributed by atoms with Crippen molar-refractivity contribution in [1.82, 2.24) is 5.32 Å². The van der Waals surface area contributed by atoms with Crippen LogP contribution >= 0.6 is 22.6 Å². The molecular formula is C17H25IN2O2. The normalized spacial score (nSPS) is 21.4. The van der Waals surface area contributed by atoms with Crippen molar-refractivity contribution in [1.29, 1.82) is 0 Å². The van der Waals surface area contributed by atoms with E-state index in [9.17, 15) is 4.79 Å². The van der Waals surface area contributed by atoms with Crippen molar-refractivity contribution in [2.45, 2.75) is 31.7 Å². The molecule has 5 heteroatoms. The van der Waals surface area contributed by atoms with Crippen LogP contribution in [0.25, 0.3) is 0 Å². The fourth-order valence-corrected chi connectivity index (χ4v) is 3.40. The van der Waals surface area contributed by atoms with Gasteiger partial charge in [0.15, 0.2) is 0 Å². The second-order valence-corrected chi connectivity index (χ2v) is 7.28. The Kier molecular flexibility index (Phi) is 6.95. The maximum Gasteiger partial charge on any atom is 0.319 e. The monoisotopic (exact) mass is 416 g/mol. The molecule has 0 aliphatic heterocycles. The highest BCUT2D eigenvalue weighted by Crippen LogP contribution is 2.26. The van der Waals surface area contributed by atoms with Crippen LogP contribution in [0.3, 0.4) is 0 Å². The fourth-order valence-electron chi connectivity index (χ4n) is 3.04. The third-order valence-electron chi connectivity index (χ3n) is 4.41. The molecule has 0 spiro atoms. The SMILES string of the molecule is COC(=O)CNC1CCC(CN(C)c2ccc(I)cc2)CC1. The van der Waals surface area contributed by atoms with Crippen molar-refractivity contribution in [3.8, 4) is 0 Å². The van der Waals surface area contributed by atoms with E-state index in [1.165, 1.54) is 29.2 Å². The van der Waals surface area contributed by atoms with Crippen LogP contribution in [0.4, 0.5) is 5.69 Å². The van der Waals surface area contributed by atoms with Crippen molar-refractivity contribution in [3.05, 3.63) is 27.8 Å². The van der Waals surface area contributed by atoms with Gasteiger partial charge >= 0.3 is 5.97 Å². The van der Waals surface area contributed by atoms with Crippen LogP contribution in [-0.4, -0.2) is 39.3 Å². The number of nitrogens with zero attached hydrogens (tertiary/aromatic N) is 1. The van der Waals surface area contributed by atoms with Gasteiger partial charge in [0.1, 0.15) is 0 Å². The van der Waals surface area contributed by atoms with Gasteiger partial charge in [0, 0.05) is 28.9 Å². The van der Waals surface area contributed by atoms with E-state index in [-0.39, 0.29) is 5.97 Å². The van der Waals surface area contributed by atoms with E-state index in [2.05, 4.69) is 68.9 Å². The first-order chi connectivity index (χ1) is 10.6. The predicted molar refractivity (Wildman–Crippen MR) is 98.2 cm³/mol. The van der Waals surface area contributed by atoms with Gasteiger partial charge in [-0.1, -0.05) is 0 Å². The predicted octanol–water partition coefficient (Wildman–Crippen LogP) is 3.05. The van der Waals surface area contributed by atoms with Gasteiger partial charge in [-0.3, -0.25) is 4.79 Å². The number of rotatable bonds is 6. The highest BCUT2D eigenvalue weighted by atomic mass is 127. The Morgan fingerprint density at radius 2 is 1.91 bits per heavy atom. The number of hydrogen-bond donors (Lipinski definition) is 1. The van der Waals surface area contributed by atoms with Crippen molar-refractivity contribution >= 4 is 34.2 Å². The summed E-state index contributed by atoms with van der Waals surface area (Å²) in [5.41, 5.74) is 1.28. The maximum atomic E-state index is 11.2. The molecule has 1 aromatic rings. The molecule has 0 heterocycles. The van der Waals surface area contributed by atoms with Gasteiger partial charge in [-0.15, -0.1) is 0 Å². The third-order valence-corrected chi connectivity index (χ3v) is 5.13. The molecule has 2 rings (SSSR count).